The number of nitrogens with one attached hydrogen (secondary N) is 1. The molecule has 2 aromatic rings. The van der Waals surface area contributed by atoms with Crippen LogP contribution in [0, 0.1) is 6.92 Å². The Morgan fingerprint density at radius 2 is 2.00 bits per heavy atom. The highest BCUT2D eigenvalue weighted by molar-refractivity contribution is 9.10. The first-order valence-electron chi connectivity index (χ1n) is 5.53. The topological polar surface area (TPSA) is 32.3 Å². The van der Waals surface area contributed by atoms with Crippen molar-refractivity contribution in [3.05, 3.63) is 57.0 Å². The maximum absolute atomic E-state index is 9.35. The number of aryl methyl sites for hydroxylation is 1. The number of halogens is 2. The molecule has 2 aromatic carbocycles. The summed E-state index contributed by atoms with van der Waals surface area (Å²) in [5.41, 5.74) is 3.26. The predicted octanol–water partition coefficient (Wildman–Crippen LogP) is 4.73. The highest BCUT2D eigenvalue weighted by Crippen LogP contribution is 2.26. The SMILES string of the molecule is Cc1ccc(Br)c(NCc2ccc(O)c(Cl)c2)c1. The molecule has 0 aliphatic carbocycles. The van der Waals surface area contributed by atoms with Crippen molar-refractivity contribution >= 4 is 33.2 Å². The molecule has 0 saturated heterocycles. The zero-order chi connectivity index (χ0) is 13.1. The molecule has 0 unspecified atom stereocenters. The minimum Gasteiger partial charge on any atom is -0.506 e. The van der Waals surface area contributed by atoms with Gasteiger partial charge in [-0.15, -0.1) is 0 Å². The lowest BCUT2D eigenvalue weighted by molar-refractivity contribution is 0.475. The van der Waals surface area contributed by atoms with Crippen LogP contribution in [0.2, 0.25) is 5.02 Å². The normalized spacial score (nSPS) is 10.4. The molecule has 2 rings (SSSR count). The molecule has 0 aromatic heterocycles. The van der Waals surface area contributed by atoms with Crippen LogP contribution in [0.3, 0.4) is 0 Å². The summed E-state index contributed by atoms with van der Waals surface area (Å²) in [5, 5.41) is 13.1. The molecule has 2 N–H and O–H groups in total. The second kappa shape index (κ2) is 5.63. The smallest absolute Gasteiger partial charge is 0.134 e. The summed E-state index contributed by atoms with van der Waals surface area (Å²) in [5.74, 6) is 0.108. The van der Waals surface area contributed by atoms with Crippen LogP contribution in [-0.4, -0.2) is 5.11 Å². The van der Waals surface area contributed by atoms with Gasteiger partial charge in [0, 0.05) is 16.7 Å². The van der Waals surface area contributed by atoms with Gasteiger partial charge in [-0.25, -0.2) is 0 Å². The summed E-state index contributed by atoms with van der Waals surface area (Å²) >= 11 is 9.37. The summed E-state index contributed by atoms with van der Waals surface area (Å²) in [6, 6.07) is 11.3. The van der Waals surface area contributed by atoms with Crippen LogP contribution in [0.4, 0.5) is 5.69 Å². The lowest BCUT2D eigenvalue weighted by Gasteiger charge is -2.10. The lowest BCUT2D eigenvalue weighted by Crippen LogP contribution is -2.00. The Labute approximate surface area is 120 Å². The van der Waals surface area contributed by atoms with Gasteiger partial charge in [-0.2, -0.15) is 0 Å². The third kappa shape index (κ3) is 3.18. The molecule has 0 aliphatic rings. The van der Waals surface area contributed by atoms with Gasteiger partial charge in [0.25, 0.3) is 0 Å². The largest absolute Gasteiger partial charge is 0.506 e. The molecule has 0 fully saturated rings. The van der Waals surface area contributed by atoms with Gasteiger partial charge in [-0.1, -0.05) is 23.7 Å². The standard InChI is InChI=1S/C14H13BrClNO/c1-9-2-4-11(15)13(6-9)17-8-10-3-5-14(18)12(16)7-10/h2-7,17-18H,8H2,1H3. The minimum absolute atomic E-state index is 0.108. The predicted molar refractivity (Wildman–Crippen MR) is 79.3 cm³/mol. The average molecular weight is 327 g/mol. The number of phenols is 1. The number of anilines is 1. The van der Waals surface area contributed by atoms with E-state index in [0.717, 1.165) is 15.7 Å². The first-order chi connectivity index (χ1) is 8.56. The molecule has 0 saturated carbocycles. The fourth-order valence-corrected chi connectivity index (χ4v) is 2.22. The van der Waals surface area contributed by atoms with Crippen molar-refractivity contribution in [2.45, 2.75) is 13.5 Å². The minimum atomic E-state index is 0.108. The van der Waals surface area contributed by atoms with Crippen LogP contribution >= 0.6 is 27.5 Å². The second-order valence-electron chi connectivity index (χ2n) is 4.12. The summed E-state index contributed by atoms with van der Waals surface area (Å²) in [7, 11) is 0. The number of hydrogen-bond acceptors (Lipinski definition) is 2. The second-order valence-corrected chi connectivity index (χ2v) is 5.38. The zero-order valence-corrected chi connectivity index (χ0v) is 12.2. The van der Waals surface area contributed by atoms with Gasteiger partial charge in [-0.3, -0.25) is 0 Å². The Hall–Kier alpha value is -1.19. The van der Waals surface area contributed by atoms with Gasteiger partial charge in [0.1, 0.15) is 5.75 Å². The molecule has 18 heavy (non-hydrogen) atoms. The molecule has 0 bridgehead atoms. The third-order valence-electron chi connectivity index (χ3n) is 2.62. The van der Waals surface area contributed by atoms with Gasteiger partial charge < -0.3 is 10.4 Å². The molecule has 2 nitrogen and oxygen atoms in total. The summed E-state index contributed by atoms with van der Waals surface area (Å²) in [6.07, 6.45) is 0. The number of hydrogen-bond donors (Lipinski definition) is 2. The molecule has 94 valence electrons. The van der Waals surface area contributed by atoms with Crippen molar-refractivity contribution in [2.75, 3.05) is 5.32 Å². The Morgan fingerprint density at radius 3 is 2.72 bits per heavy atom. The number of phenolic OH excluding ortho intramolecular Hbond substituents is 1. The number of aromatic hydroxyl groups is 1. The third-order valence-corrected chi connectivity index (χ3v) is 3.61. The van der Waals surface area contributed by atoms with Crippen LogP contribution in [0.15, 0.2) is 40.9 Å². The van der Waals surface area contributed by atoms with Crippen molar-refractivity contribution in [1.29, 1.82) is 0 Å². The van der Waals surface area contributed by atoms with Gasteiger partial charge in [0.2, 0.25) is 0 Å². The zero-order valence-electron chi connectivity index (χ0n) is 9.87. The van der Waals surface area contributed by atoms with E-state index < -0.39 is 0 Å². The highest BCUT2D eigenvalue weighted by atomic mass is 79.9. The van der Waals surface area contributed by atoms with Crippen molar-refractivity contribution in [3.8, 4) is 5.75 Å². The van der Waals surface area contributed by atoms with E-state index in [2.05, 4.69) is 34.2 Å². The number of rotatable bonds is 3. The molecule has 0 aliphatic heterocycles. The van der Waals surface area contributed by atoms with Crippen molar-refractivity contribution in [1.82, 2.24) is 0 Å². The molecule has 4 heteroatoms. The van der Waals surface area contributed by atoms with Crippen molar-refractivity contribution < 1.29 is 5.11 Å². The number of benzene rings is 2. The summed E-state index contributed by atoms with van der Waals surface area (Å²) < 4.78 is 1.03. The average Bonchev–Trinajstić information content (AvgIpc) is 2.34. The summed E-state index contributed by atoms with van der Waals surface area (Å²) in [4.78, 5) is 0. The van der Waals surface area contributed by atoms with E-state index in [1.807, 2.05) is 18.2 Å². The van der Waals surface area contributed by atoms with Crippen LogP contribution < -0.4 is 5.32 Å². The maximum atomic E-state index is 9.35. The highest BCUT2D eigenvalue weighted by Gasteiger charge is 2.02. The Balaban J connectivity index is 2.11. The Bertz CT molecular complexity index is 572. The van der Waals surface area contributed by atoms with Gasteiger partial charge in [0.15, 0.2) is 0 Å². The summed E-state index contributed by atoms with van der Waals surface area (Å²) in [6.45, 7) is 2.71. The van der Waals surface area contributed by atoms with Crippen LogP contribution in [-0.2, 0) is 6.54 Å². The van der Waals surface area contributed by atoms with Crippen molar-refractivity contribution in [3.63, 3.8) is 0 Å². The monoisotopic (exact) mass is 325 g/mol. The first-order valence-corrected chi connectivity index (χ1v) is 6.71. The fraction of sp³-hybridized carbons (Fsp3) is 0.143. The van der Waals surface area contributed by atoms with E-state index in [-0.39, 0.29) is 5.75 Å². The van der Waals surface area contributed by atoms with Gasteiger partial charge in [0.05, 0.1) is 5.02 Å². The molecular formula is C14H13BrClNO. The van der Waals surface area contributed by atoms with Gasteiger partial charge in [-0.05, 0) is 58.2 Å². The molecule has 0 amide bonds. The first kappa shape index (κ1) is 13.2. The maximum Gasteiger partial charge on any atom is 0.134 e. The van der Waals surface area contributed by atoms with Crippen LogP contribution in [0.25, 0.3) is 0 Å². The Morgan fingerprint density at radius 1 is 1.22 bits per heavy atom. The van der Waals surface area contributed by atoms with Crippen molar-refractivity contribution in [2.24, 2.45) is 0 Å². The van der Waals surface area contributed by atoms with E-state index in [1.54, 1.807) is 12.1 Å². The van der Waals surface area contributed by atoms with Crippen LogP contribution in [0.1, 0.15) is 11.1 Å². The van der Waals surface area contributed by atoms with E-state index in [4.69, 9.17) is 11.6 Å². The molecule has 0 atom stereocenters. The van der Waals surface area contributed by atoms with E-state index in [9.17, 15) is 5.11 Å². The fourth-order valence-electron chi connectivity index (χ4n) is 1.63. The van der Waals surface area contributed by atoms with Gasteiger partial charge >= 0.3 is 0 Å². The van der Waals surface area contributed by atoms with E-state index in [1.165, 1.54) is 5.56 Å². The molecular weight excluding hydrogens is 314 g/mol. The molecule has 0 heterocycles. The van der Waals surface area contributed by atoms with Crippen LogP contribution in [0.5, 0.6) is 5.75 Å². The Kier molecular flexibility index (Phi) is 4.15. The molecule has 0 radical (unpaired) electrons. The molecule has 0 spiro atoms. The lowest BCUT2D eigenvalue weighted by atomic mass is 10.2. The van der Waals surface area contributed by atoms with E-state index in [0.29, 0.717) is 11.6 Å². The quantitative estimate of drug-likeness (QED) is 0.854. The van der Waals surface area contributed by atoms with E-state index >= 15 is 0 Å².